The van der Waals surface area contributed by atoms with Crippen molar-refractivity contribution in [2.45, 2.75) is 37.6 Å². The molecule has 0 radical (unpaired) electrons. The molecule has 1 aromatic heterocycles. The van der Waals surface area contributed by atoms with E-state index in [4.69, 9.17) is 4.52 Å². The number of rotatable bonds is 2. The van der Waals surface area contributed by atoms with E-state index in [1.165, 1.54) is 30.8 Å². The number of nitrogens with zero attached hydrogens (tertiary/aromatic N) is 2. The zero-order valence-electron chi connectivity index (χ0n) is 9.32. The van der Waals surface area contributed by atoms with E-state index in [0.717, 1.165) is 24.7 Å². The van der Waals surface area contributed by atoms with Crippen molar-refractivity contribution in [2.75, 3.05) is 18.1 Å². The molecule has 1 aromatic rings. The Morgan fingerprint density at radius 1 is 1.25 bits per heavy atom. The molecular formula is C11H17N3OS. The van der Waals surface area contributed by atoms with Crippen molar-refractivity contribution >= 4 is 11.8 Å². The Hall–Kier alpha value is -0.550. The summed E-state index contributed by atoms with van der Waals surface area (Å²) in [5, 5.41) is 7.54. The normalized spacial score (nSPS) is 27.4. The molecular weight excluding hydrogens is 222 g/mol. The quantitative estimate of drug-likeness (QED) is 0.856. The van der Waals surface area contributed by atoms with Crippen molar-refractivity contribution in [3.05, 3.63) is 11.7 Å². The SMILES string of the molecule is C1CN[C@@H](c2nc(C3CCSCC3)no2)C1. The van der Waals surface area contributed by atoms with Crippen LogP contribution in [0.4, 0.5) is 0 Å². The fraction of sp³-hybridized carbons (Fsp3) is 0.818. The Balaban J connectivity index is 1.71. The van der Waals surface area contributed by atoms with Crippen LogP contribution in [0.15, 0.2) is 4.52 Å². The molecule has 2 aliphatic rings. The van der Waals surface area contributed by atoms with Gasteiger partial charge < -0.3 is 9.84 Å². The Kier molecular flexibility index (Phi) is 3.15. The van der Waals surface area contributed by atoms with Crippen LogP contribution < -0.4 is 5.32 Å². The van der Waals surface area contributed by atoms with Crippen molar-refractivity contribution in [2.24, 2.45) is 0 Å². The number of hydrogen-bond acceptors (Lipinski definition) is 5. The molecule has 3 rings (SSSR count). The molecule has 0 spiro atoms. The maximum Gasteiger partial charge on any atom is 0.243 e. The van der Waals surface area contributed by atoms with Gasteiger partial charge in [0.15, 0.2) is 5.82 Å². The van der Waals surface area contributed by atoms with E-state index < -0.39 is 0 Å². The van der Waals surface area contributed by atoms with Crippen LogP contribution >= 0.6 is 11.8 Å². The Morgan fingerprint density at radius 3 is 2.88 bits per heavy atom. The summed E-state index contributed by atoms with van der Waals surface area (Å²) in [7, 11) is 0. The Labute approximate surface area is 99.6 Å². The second kappa shape index (κ2) is 4.75. The third-order valence-electron chi connectivity index (χ3n) is 3.40. The minimum Gasteiger partial charge on any atom is -0.338 e. The predicted molar refractivity (Wildman–Crippen MR) is 63.6 cm³/mol. The first-order valence-electron chi connectivity index (χ1n) is 6.08. The summed E-state index contributed by atoms with van der Waals surface area (Å²) in [6.07, 6.45) is 4.73. The second-order valence-electron chi connectivity index (χ2n) is 4.53. The van der Waals surface area contributed by atoms with Gasteiger partial charge in [-0.1, -0.05) is 5.16 Å². The van der Waals surface area contributed by atoms with Gasteiger partial charge in [-0.05, 0) is 43.7 Å². The summed E-state index contributed by atoms with van der Waals surface area (Å²) in [5.41, 5.74) is 0. The molecule has 2 aliphatic heterocycles. The summed E-state index contributed by atoms with van der Waals surface area (Å²) in [6.45, 7) is 1.07. The van der Waals surface area contributed by atoms with Gasteiger partial charge in [-0.25, -0.2) is 0 Å². The zero-order chi connectivity index (χ0) is 10.8. The van der Waals surface area contributed by atoms with Crippen LogP contribution in [0.3, 0.4) is 0 Å². The van der Waals surface area contributed by atoms with Gasteiger partial charge in [0.05, 0.1) is 6.04 Å². The van der Waals surface area contributed by atoms with Gasteiger partial charge in [-0.2, -0.15) is 16.7 Å². The molecule has 88 valence electrons. The lowest BCUT2D eigenvalue weighted by Crippen LogP contribution is -2.14. The van der Waals surface area contributed by atoms with Gasteiger partial charge in [0.25, 0.3) is 0 Å². The lowest BCUT2D eigenvalue weighted by atomic mass is 10.0. The molecule has 0 aromatic carbocycles. The molecule has 2 saturated heterocycles. The zero-order valence-corrected chi connectivity index (χ0v) is 10.1. The average molecular weight is 239 g/mol. The van der Waals surface area contributed by atoms with Crippen molar-refractivity contribution < 1.29 is 4.52 Å². The molecule has 5 heteroatoms. The van der Waals surface area contributed by atoms with Crippen LogP contribution in [-0.4, -0.2) is 28.2 Å². The summed E-state index contributed by atoms with van der Waals surface area (Å²) in [5.74, 6) is 4.72. The molecule has 0 unspecified atom stereocenters. The standard InChI is InChI=1S/C11H17N3OS/c1-2-9(12-5-1)11-13-10(14-15-11)8-3-6-16-7-4-8/h8-9,12H,1-7H2/t9-/m1/s1. The van der Waals surface area contributed by atoms with E-state index in [9.17, 15) is 0 Å². The Bertz CT molecular complexity index is 343. The van der Waals surface area contributed by atoms with Crippen LogP contribution in [0.25, 0.3) is 0 Å². The van der Waals surface area contributed by atoms with Gasteiger partial charge in [-0.3, -0.25) is 0 Å². The second-order valence-corrected chi connectivity index (χ2v) is 5.75. The monoisotopic (exact) mass is 239 g/mol. The van der Waals surface area contributed by atoms with Crippen LogP contribution in [0.2, 0.25) is 0 Å². The maximum atomic E-state index is 5.37. The summed E-state index contributed by atoms with van der Waals surface area (Å²) in [6, 6.07) is 0.305. The first-order valence-corrected chi connectivity index (χ1v) is 7.23. The molecule has 0 saturated carbocycles. The minimum absolute atomic E-state index is 0.305. The van der Waals surface area contributed by atoms with Gasteiger partial charge >= 0.3 is 0 Å². The first kappa shape index (κ1) is 10.6. The van der Waals surface area contributed by atoms with E-state index in [1.54, 1.807) is 0 Å². The van der Waals surface area contributed by atoms with Crippen molar-refractivity contribution in [3.8, 4) is 0 Å². The highest BCUT2D eigenvalue weighted by atomic mass is 32.2. The molecule has 1 atom stereocenters. The largest absolute Gasteiger partial charge is 0.338 e. The third-order valence-corrected chi connectivity index (χ3v) is 4.45. The molecule has 2 fully saturated rings. The van der Waals surface area contributed by atoms with Crippen molar-refractivity contribution in [1.29, 1.82) is 0 Å². The van der Waals surface area contributed by atoms with Gasteiger partial charge in [0.1, 0.15) is 0 Å². The highest BCUT2D eigenvalue weighted by molar-refractivity contribution is 7.99. The smallest absolute Gasteiger partial charge is 0.243 e. The minimum atomic E-state index is 0.305. The molecule has 0 aliphatic carbocycles. The topological polar surface area (TPSA) is 51.0 Å². The summed E-state index contributed by atoms with van der Waals surface area (Å²) < 4.78 is 5.37. The van der Waals surface area contributed by atoms with Crippen LogP contribution in [0.5, 0.6) is 0 Å². The number of nitrogens with one attached hydrogen (secondary N) is 1. The molecule has 0 amide bonds. The molecule has 4 nitrogen and oxygen atoms in total. The van der Waals surface area contributed by atoms with E-state index in [1.807, 2.05) is 11.8 Å². The van der Waals surface area contributed by atoms with Gasteiger partial charge in [0, 0.05) is 5.92 Å². The fourth-order valence-corrected chi connectivity index (χ4v) is 3.51. The summed E-state index contributed by atoms with van der Waals surface area (Å²) >= 11 is 2.03. The highest BCUT2D eigenvalue weighted by Crippen LogP contribution is 2.31. The van der Waals surface area contributed by atoms with E-state index in [0.29, 0.717) is 12.0 Å². The molecule has 1 N–H and O–H groups in total. The van der Waals surface area contributed by atoms with E-state index in [-0.39, 0.29) is 0 Å². The van der Waals surface area contributed by atoms with Gasteiger partial charge in [0.2, 0.25) is 5.89 Å². The van der Waals surface area contributed by atoms with Crippen LogP contribution in [0, 0.1) is 0 Å². The number of hydrogen-bond donors (Lipinski definition) is 1. The number of thioether (sulfide) groups is 1. The van der Waals surface area contributed by atoms with Gasteiger partial charge in [-0.15, -0.1) is 0 Å². The van der Waals surface area contributed by atoms with E-state index >= 15 is 0 Å². The average Bonchev–Trinajstić information content (AvgIpc) is 3.01. The summed E-state index contributed by atoms with van der Waals surface area (Å²) in [4.78, 5) is 4.57. The first-order chi connectivity index (χ1) is 7.93. The van der Waals surface area contributed by atoms with Crippen molar-refractivity contribution in [1.82, 2.24) is 15.5 Å². The Morgan fingerprint density at radius 2 is 2.12 bits per heavy atom. The molecule has 0 bridgehead atoms. The lowest BCUT2D eigenvalue weighted by molar-refractivity contribution is 0.338. The van der Waals surface area contributed by atoms with Crippen LogP contribution in [0.1, 0.15) is 49.4 Å². The molecule has 16 heavy (non-hydrogen) atoms. The predicted octanol–water partition coefficient (Wildman–Crippen LogP) is 2.10. The van der Waals surface area contributed by atoms with Crippen LogP contribution in [-0.2, 0) is 0 Å². The highest BCUT2D eigenvalue weighted by Gasteiger charge is 2.25. The molecule has 3 heterocycles. The maximum absolute atomic E-state index is 5.37. The van der Waals surface area contributed by atoms with Crippen molar-refractivity contribution in [3.63, 3.8) is 0 Å². The third kappa shape index (κ3) is 2.11. The fourth-order valence-electron chi connectivity index (χ4n) is 2.41. The lowest BCUT2D eigenvalue weighted by Gasteiger charge is -2.17. The van der Waals surface area contributed by atoms with E-state index in [2.05, 4.69) is 15.5 Å². The number of aromatic nitrogens is 2.